The molecule has 1 aromatic heterocycles. The van der Waals surface area contributed by atoms with Gasteiger partial charge in [0.2, 0.25) is 0 Å². The second kappa shape index (κ2) is 8.88. The Balaban J connectivity index is 1.39. The third kappa shape index (κ3) is 4.27. The lowest BCUT2D eigenvalue weighted by atomic mass is 9.88. The molecule has 0 radical (unpaired) electrons. The van der Waals surface area contributed by atoms with Crippen molar-refractivity contribution in [1.29, 1.82) is 0 Å². The van der Waals surface area contributed by atoms with E-state index < -0.39 is 5.60 Å². The van der Waals surface area contributed by atoms with Crippen LogP contribution in [0.3, 0.4) is 0 Å². The van der Waals surface area contributed by atoms with E-state index in [0.29, 0.717) is 29.0 Å². The summed E-state index contributed by atoms with van der Waals surface area (Å²) < 4.78 is 13.3. The molecule has 3 aromatic rings. The van der Waals surface area contributed by atoms with Gasteiger partial charge >= 0.3 is 6.09 Å². The summed E-state index contributed by atoms with van der Waals surface area (Å²) in [5.74, 6) is 2.19. The molecule has 0 N–H and O–H groups in total. The highest BCUT2D eigenvalue weighted by Gasteiger charge is 2.58. The molecule has 2 saturated carbocycles. The van der Waals surface area contributed by atoms with E-state index in [9.17, 15) is 4.79 Å². The lowest BCUT2D eigenvalue weighted by Crippen LogP contribution is -2.27. The van der Waals surface area contributed by atoms with Crippen molar-refractivity contribution in [2.24, 2.45) is 17.3 Å². The highest BCUT2D eigenvalue weighted by Crippen LogP contribution is 2.66. The first-order chi connectivity index (χ1) is 18.1. The number of aromatic nitrogens is 1. The van der Waals surface area contributed by atoms with Gasteiger partial charge in [0.1, 0.15) is 11.4 Å². The SMILES string of the molecule is [C-]#[N+]c1ccc(C2C3CC4(CC4)CC3CN2Cc2c(OC)cc(C)c3c2ccn3C(=O)OC(C)(C)C)cc1. The number of benzene rings is 2. The molecular formula is C32H37N3O3. The molecule has 198 valence electrons. The first-order valence-electron chi connectivity index (χ1n) is 13.7. The molecule has 3 unspecified atom stereocenters. The van der Waals surface area contributed by atoms with Crippen LogP contribution >= 0.6 is 0 Å². The van der Waals surface area contributed by atoms with Crippen LogP contribution in [0.5, 0.6) is 5.75 Å². The number of aryl methyl sites for hydroxylation is 1. The van der Waals surface area contributed by atoms with Crippen LogP contribution in [-0.2, 0) is 11.3 Å². The summed E-state index contributed by atoms with van der Waals surface area (Å²) in [6, 6.07) is 12.6. The minimum absolute atomic E-state index is 0.314. The van der Waals surface area contributed by atoms with Crippen molar-refractivity contribution >= 4 is 22.7 Å². The van der Waals surface area contributed by atoms with Crippen LogP contribution < -0.4 is 4.74 Å². The quantitative estimate of drug-likeness (QED) is 0.338. The van der Waals surface area contributed by atoms with Crippen molar-refractivity contribution in [3.63, 3.8) is 0 Å². The smallest absolute Gasteiger partial charge is 0.419 e. The second-order valence-electron chi connectivity index (χ2n) is 12.7. The van der Waals surface area contributed by atoms with Crippen LogP contribution in [-0.4, -0.2) is 34.8 Å². The highest BCUT2D eigenvalue weighted by atomic mass is 16.6. The van der Waals surface area contributed by atoms with Crippen molar-refractivity contribution in [2.45, 2.75) is 71.6 Å². The molecule has 2 heterocycles. The molecule has 3 aliphatic rings. The molecule has 6 rings (SSSR count). The van der Waals surface area contributed by atoms with Crippen molar-refractivity contribution in [1.82, 2.24) is 9.47 Å². The van der Waals surface area contributed by atoms with E-state index >= 15 is 0 Å². The van der Waals surface area contributed by atoms with Crippen LogP contribution in [0.2, 0.25) is 0 Å². The first-order valence-corrected chi connectivity index (χ1v) is 13.7. The standard InChI is InChI=1S/C32H37N3O3/c1-20-15-27(37-6)26(24-11-14-35(28(20)24)30(36)38-31(2,3)4)19-34-18-22-16-32(12-13-32)17-25(22)29(34)21-7-9-23(33-5)10-8-21/h7-11,14-15,22,25,29H,12-13,16-19H2,1-4,6H3. The number of hydrogen-bond donors (Lipinski definition) is 0. The summed E-state index contributed by atoms with van der Waals surface area (Å²) in [6.07, 6.45) is 6.86. The Labute approximate surface area is 225 Å². The van der Waals surface area contributed by atoms with E-state index in [-0.39, 0.29) is 6.09 Å². The van der Waals surface area contributed by atoms with Gasteiger partial charge in [0.25, 0.3) is 0 Å². The summed E-state index contributed by atoms with van der Waals surface area (Å²) in [7, 11) is 1.73. The van der Waals surface area contributed by atoms with Gasteiger partial charge < -0.3 is 9.47 Å². The van der Waals surface area contributed by atoms with E-state index in [1.165, 1.54) is 31.2 Å². The molecule has 1 saturated heterocycles. The molecule has 6 heteroatoms. The summed E-state index contributed by atoms with van der Waals surface area (Å²) in [6.45, 7) is 16.9. The molecule has 38 heavy (non-hydrogen) atoms. The number of methoxy groups -OCH3 is 1. The van der Waals surface area contributed by atoms with E-state index in [0.717, 1.165) is 40.9 Å². The maximum absolute atomic E-state index is 13.1. The Morgan fingerprint density at radius 2 is 1.89 bits per heavy atom. The summed E-state index contributed by atoms with van der Waals surface area (Å²) >= 11 is 0. The van der Waals surface area contributed by atoms with Crippen molar-refractivity contribution in [3.8, 4) is 5.75 Å². The van der Waals surface area contributed by atoms with Gasteiger partial charge in [-0.3, -0.25) is 9.47 Å². The van der Waals surface area contributed by atoms with Crippen LogP contribution in [0.25, 0.3) is 15.7 Å². The molecule has 6 nitrogen and oxygen atoms in total. The lowest BCUT2D eigenvalue weighted by Gasteiger charge is -2.30. The minimum atomic E-state index is -0.570. The molecular weight excluding hydrogens is 474 g/mol. The zero-order chi connectivity index (χ0) is 26.8. The average molecular weight is 512 g/mol. The van der Waals surface area contributed by atoms with Crippen molar-refractivity contribution < 1.29 is 14.3 Å². The number of nitrogens with zero attached hydrogens (tertiary/aromatic N) is 3. The molecule has 3 atom stereocenters. The molecule has 0 bridgehead atoms. The number of rotatable bonds is 4. The Morgan fingerprint density at radius 1 is 1.16 bits per heavy atom. The number of carbonyl (C=O) groups is 1. The van der Waals surface area contributed by atoms with Crippen molar-refractivity contribution in [2.75, 3.05) is 13.7 Å². The Hall–Kier alpha value is -3.30. The van der Waals surface area contributed by atoms with E-state index in [1.54, 1.807) is 11.7 Å². The fraction of sp³-hybridized carbons (Fsp3) is 0.500. The maximum atomic E-state index is 13.1. The van der Waals surface area contributed by atoms with Gasteiger partial charge in [0.05, 0.1) is 19.2 Å². The molecule has 1 spiro atoms. The molecule has 1 aliphatic heterocycles. The number of hydrogen-bond acceptors (Lipinski definition) is 4. The second-order valence-corrected chi connectivity index (χ2v) is 12.7. The molecule has 0 amide bonds. The van der Waals surface area contributed by atoms with E-state index in [2.05, 4.69) is 21.9 Å². The fourth-order valence-corrected chi connectivity index (χ4v) is 7.24. The lowest BCUT2D eigenvalue weighted by molar-refractivity contribution is 0.0544. The van der Waals surface area contributed by atoms with Gasteiger partial charge in [-0.2, -0.15) is 0 Å². The number of carbonyl (C=O) groups excluding carboxylic acids is 1. The fourth-order valence-electron chi connectivity index (χ4n) is 7.24. The summed E-state index contributed by atoms with van der Waals surface area (Å²) in [5.41, 5.74) is 4.98. The number of ether oxygens (including phenoxy) is 2. The van der Waals surface area contributed by atoms with Gasteiger partial charge in [-0.05, 0) is 93.9 Å². The van der Waals surface area contributed by atoms with Crippen LogP contribution in [0.4, 0.5) is 10.5 Å². The van der Waals surface area contributed by atoms with Gasteiger partial charge in [0, 0.05) is 36.3 Å². The van der Waals surface area contributed by atoms with Crippen LogP contribution in [0.1, 0.15) is 69.2 Å². The maximum Gasteiger partial charge on any atom is 0.419 e. The molecule has 3 fully saturated rings. The Morgan fingerprint density at radius 3 is 2.53 bits per heavy atom. The minimum Gasteiger partial charge on any atom is -0.496 e. The average Bonchev–Trinajstić information content (AvgIpc) is 3.18. The zero-order valence-corrected chi connectivity index (χ0v) is 23.1. The van der Waals surface area contributed by atoms with Gasteiger partial charge in [-0.25, -0.2) is 9.64 Å². The van der Waals surface area contributed by atoms with Gasteiger partial charge in [0.15, 0.2) is 5.69 Å². The van der Waals surface area contributed by atoms with E-state index in [4.69, 9.17) is 16.0 Å². The summed E-state index contributed by atoms with van der Waals surface area (Å²) in [5, 5.41) is 1.03. The van der Waals surface area contributed by atoms with Crippen LogP contribution in [0.15, 0.2) is 42.6 Å². The predicted molar refractivity (Wildman–Crippen MR) is 149 cm³/mol. The molecule has 2 aromatic carbocycles. The van der Waals surface area contributed by atoms with Gasteiger partial charge in [-0.15, -0.1) is 0 Å². The van der Waals surface area contributed by atoms with Crippen LogP contribution in [0, 0.1) is 30.7 Å². The normalized spacial score (nSPS) is 23.9. The topological polar surface area (TPSA) is 48.1 Å². The van der Waals surface area contributed by atoms with Gasteiger partial charge in [-0.1, -0.05) is 24.3 Å². The summed E-state index contributed by atoms with van der Waals surface area (Å²) in [4.78, 5) is 19.3. The first kappa shape index (κ1) is 25.0. The molecule has 2 aliphatic carbocycles. The van der Waals surface area contributed by atoms with Crippen molar-refractivity contribution in [3.05, 3.63) is 70.7 Å². The number of fused-ring (bicyclic) bond motifs is 2. The largest absolute Gasteiger partial charge is 0.496 e. The third-order valence-corrected chi connectivity index (χ3v) is 8.96. The number of likely N-dealkylation sites (tertiary alicyclic amines) is 1. The third-order valence-electron chi connectivity index (χ3n) is 8.96. The highest BCUT2D eigenvalue weighted by molar-refractivity contribution is 5.95. The predicted octanol–water partition coefficient (Wildman–Crippen LogP) is 7.66. The Bertz CT molecular complexity index is 1440. The monoisotopic (exact) mass is 511 g/mol. The van der Waals surface area contributed by atoms with E-state index in [1.807, 2.05) is 58.2 Å². The Kier molecular flexibility index (Phi) is 5.84. The zero-order valence-electron chi connectivity index (χ0n) is 23.1.